The third-order valence-electron chi connectivity index (χ3n) is 7.35. The summed E-state index contributed by atoms with van der Waals surface area (Å²) in [6.07, 6.45) is 4.25. The molecule has 0 spiro atoms. The zero-order valence-electron chi connectivity index (χ0n) is 25.3. The van der Waals surface area contributed by atoms with Gasteiger partial charge in [-0.3, -0.25) is 19.5 Å². The Morgan fingerprint density at radius 3 is 2.37 bits per heavy atom. The average molecular weight is 605 g/mol. The number of hydrogen-bond acceptors (Lipinski definition) is 7. The SMILES string of the molecule is CC(C)(C)NC(=O)[C@@H]1C[C@H](OCc2ccncc2)CCN1C[C@@H](O)[C@H](Cc1ccccc1)NC(=O)CSc1ccccc1. The Kier molecular flexibility index (Phi) is 12.2. The van der Waals surface area contributed by atoms with Crippen LogP contribution >= 0.6 is 11.8 Å². The van der Waals surface area contributed by atoms with Gasteiger partial charge in [-0.15, -0.1) is 11.8 Å². The summed E-state index contributed by atoms with van der Waals surface area (Å²) in [7, 11) is 0. The number of hydrogen-bond donors (Lipinski definition) is 3. The number of thioether (sulfide) groups is 1. The molecule has 8 nitrogen and oxygen atoms in total. The van der Waals surface area contributed by atoms with Gasteiger partial charge in [-0.05, 0) is 75.4 Å². The van der Waals surface area contributed by atoms with Gasteiger partial charge in [-0.2, -0.15) is 0 Å². The van der Waals surface area contributed by atoms with E-state index in [0.29, 0.717) is 26.0 Å². The maximum absolute atomic E-state index is 13.5. The Balaban J connectivity index is 1.44. The molecule has 1 aromatic heterocycles. The predicted molar refractivity (Wildman–Crippen MR) is 171 cm³/mol. The molecule has 0 unspecified atom stereocenters. The number of nitrogens with zero attached hydrogens (tertiary/aromatic N) is 2. The number of aliphatic hydroxyl groups excluding tert-OH is 1. The molecule has 1 aliphatic heterocycles. The van der Waals surface area contributed by atoms with Crippen molar-refractivity contribution in [2.45, 2.75) is 81.4 Å². The first kappa shape index (κ1) is 32.7. The van der Waals surface area contributed by atoms with Gasteiger partial charge in [0, 0.05) is 35.9 Å². The highest BCUT2D eigenvalue weighted by Crippen LogP contribution is 2.24. The number of piperidine rings is 1. The van der Waals surface area contributed by atoms with E-state index in [1.54, 1.807) is 12.4 Å². The van der Waals surface area contributed by atoms with E-state index < -0.39 is 23.7 Å². The molecule has 3 N–H and O–H groups in total. The molecule has 230 valence electrons. The van der Waals surface area contributed by atoms with Crippen LogP contribution in [-0.4, -0.2) is 75.5 Å². The molecule has 3 aromatic rings. The number of β-amino-alcohol motifs (C(OH)–C–C–N with tert-alkyl or cyclic N) is 1. The monoisotopic (exact) mass is 604 g/mol. The molecule has 43 heavy (non-hydrogen) atoms. The molecule has 2 heterocycles. The highest BCUT2D eigenvalue weighted by Gasteiger charge is 2.37. The van der Waals surface area contributed by atoms with E-state index in [9.17, 15) is 14.7 Å². The summed E-state index contributed by atoms with van der Waals surface area (Å²) >= 11 is 1.46. The van der Waals surface area contributed by atoms with E-state index in [0.717, 1.165) is 22.4 Å². The second kappa shape index (κ2) is 16.0. The van der Waals surface area contributed by atoms with Crippen molar-refractivity contribution in [3.8, 4) is 0 Å². The molecule has 4 rings (SSSR count). The van der Waals surface area contributed by atoms with Gasteiger partial charge in [0.1, 0.15) is 0 Å². The number of aromatic nitrogens is 1. The lowest BCUT2D eigenvalue weighted by molar-refractivity contribution is -0.134. The van der Waals surface area contributed by atoms with Crippen LogP contribution in [0.1, 0.15) is 44.7 Å². The third kappa shape index (κ3) is 11.1. The second-order valence-electron chi connectivity index (χ2n) is 12.1. The number of amides is 2. The first-order chi connectivity index (χ1) is 20.7. The van der Waals surface area contributed by atoms with Crippen molar-refractivity contribution < 1.29 is 19.4 Å². The Morgan fingerprint density at radius 1 is 1.02 bits per heavy atom. The lowest BCUT2D eigenvalue weighted by atomic mass is 9.95. The van der Waals surface area contributed by atoms with Crippen LogP contribution < -0.4 is 10.6 Å². The van der Waals surface area contributed by atoms with Crippen LogP contribution in [0.4, 0.5) is 0 Å². The van der Waals surface area contributed by atoms with Crippen LogP contribution in [0, 0.1) is 0 Å². The van der Waals surface area contributed by atoms with Gasteiger partial charge < -0.3 is 20.5 Å². The van der Waals surface area contributed by atoms with E-state index in [1.165, 1.54) is 11.8 Å². The zero-order valence-corrected chi connectivity index (χ0v) is 26.1. The molecule has 1 aliphatic rings. The minimum Gasteiger partial charge on any atom is -0.390 e. The van der Waals surface area contributed by atoms with Crippen LogP contribution in [0.3, 0.4) is 0 Å². The molecule has 2 aromatic carbocycles. The van der Waals surface area contributed by atoms with Crippen molar-refractivity contribution in [1.82, 2.24) is 20.5 Å². The Morgan fingerprint density at radius 2 is 1.70 bits per heavy atom. The first-order valence-electron chi connectivity index (χ1n) is 14.9. The van der Waals surface area contributed by atoms with Crippen molar-refractivity contribution in [2.24, 2.45) is 0 Å². The Hall–Kier alpha value is -3.24. The highest BCUT2D eigenvalue weighted by molar-refractivity contribution is 8.00. The number of rotatable bonds is 13. The van der Waals surface area contributed by atoms with Gasteiger partial charge >= 0.3 is 0 Å². The van der Waals surface area contributed by atoms with Crippen molar-refractivity contribution in [1.29, 1.82) is 0 Å². The van der Waals surface area contributed by atoms with E-state index in [1.807, 2.05) is 98.5 Å². The van der Waals surface area contributed by atoms with Crippen LogP contribution in [0.2, 0.25) is 0 Å². The minimum absolute atomic E-state index is 0.0835. The molecule has 0 bridgehead atoms. The summed E-state index contributed by atoms with van der Waals surface area (Å²) in [5.41, 5.74) is 1.66. The fraction of sp³-hybridized carbons (Fsp3) is 0.441. The lowest BCUT2D eigenvalue weighted by Crippen LogP contribution is -2.59. The van der Waals surface area contributed by atoms with Crippen molar-refractivity contribution in [3.63, 3.8) is 0 Å². The number of carbonyl (C=O) groups is 2. The number of aliphatic hydroxyl groups is 1. The molecule has 9 heteroatoms. The number of ether oxygens (including phenoxy) is 1. The molecule has 4 atom stereocenters. The summed E-state index contributed by atoms with van der Waals surface area (Å²) in [4.78, 5) is 33.7. The van der Waals surface area contributed by atoms with Crippen LogP contribution in [0.5, 0.6) is 0 Å². The molecule has 0 aliphatic carbocycles. The summed E-state index contributed by atoms with van der Waals surface area (Å²) in [5, 5.41) is 17.8. The predicted octanol–water partition coefficient (Wildman–Crippen LogP) is 4.23. The smallest absolute Gasteiger partial charge is 0.237 e. The van der Waals surface area contributed by atoms with Crippen LogP contribution in [-0.2, 0) is 27.4 Å². The van der Waals surface area contributed by atoms with Gasteiger partial charge in [0.2, 0.25) is 11.8 Å². The molecular weight excluding hydrogens is 560 g/mol. The van der Waals surface area contributed by atoms with Crippen LogP contribution in [0.25, 0.3) is 0 Å². The Labute approximate surface area is 259 Å². The largest absolute Gasteiger partial charge is 0.390 e. The van der Waals surface area contributed by atoms with Gasteiger partial charge in [-0.1, -0.05) is 48.5 Å². The summed E-state index contributed by atoms with van der Waals surface area (Å²) in [6, 6.07) is 22.5. The average Bonchev–Trinajstić information content (AvgIpc) is 3.00. The standard InChI is InChI=1S/C34H44N4O4S/c1-34(2,3)37-33(41)30-21-27(42-23-26-14-17-35-18-15-26)16-19-38(30)22-31(39)29(20-25-10-6-4-7-11-25)36-32(40)24-43-28-12-8-5-9-13-28/h4-15,17-18,27,29-31,39H,16,19-24H2,1-3H3,(H,36,40)(H,37,41)/t27-,29+,30+,31-/m1/s1. The fourth-order valence-electron chi connectivity index (χ4n) is 5.20. The minimum atomic E-state index is -0.884. The molecule has 0 radical (unpaired) electrons. The van der Waals surface area contributed by atoms with Gasteiger partial charge in [0.15, 0.2) is 0 Å². The topological polar surface area (TPSA) is 104 Å². The number of benzene rings is 2. The van der Waals surface area contributed by atoms with E-state index in [2.05, 4.69) is 15.6 Å². The summed E-state index contributed by atoms with van der Waals surface area (Å²) in [6.45, 7) is 7.18. The second-order valence-corrected chi connectivity index (χ2v) is 13.1. The van der Waals surface area contributed by atoms with E-state index >= 15 is 0 Å². The van der Waals surface area contributed by atoms with Gasteiger partial charge in [0.25, 0.3) is 0 Å². The molecular formula is C34H44N4O4S. The van der Waals surface area contributed by atoms with Gasteiger partial charge in [0.05, 0.1) is 36.7 Å². The molecule has 1 saturated heterocycles. The molecule has 0 saturated carbocycles. The molecule has 1 fully saturated rings. The quantitative estimate of drug-likeness (QED) is 0.251. The maximum Gasteiger partial charge on any atom is 0.237 e. The normalized spacial score (nSPS) is 18.9. The summed E-state index contributed by atoms with van der Waals surface area (Å²) in [5.74, 6) is 0.0256. The highest BCUT2D eigenvalue weighted by atomic mass is 32.2. The Bertz CT molecular complexity index is 1270. The van der Waals surface area contributed by atoms with Crippen molar-refractivity contribution in [3.05, 3.63) is 96.3 Å². The maximum atomic E-state index is 13.5. The van der Waals surface area contributed by atoms with Gasteiger partial charge in [-0.25, -0.2) is 0 Å². The van der Waals surface area contributed by atoms with E-state index in [4.69, 9.17) is 4.74 Å². The van der Waals surface area contributed by atoms with Crippen LogP contribution in [0.15, 0.2) is 90.1 Å². The fourth-order valence-corrected chi connectivity index (χ4v) is 5.93. The summed E-state index contributed by atoms with van der Waals surface area (Å²) < 4.78 is 6.22. The zero-order chi connectivity index (χ0) is 30.7. The number of likely N-dealkylation sites (tertiary alicyclic amines) is 1. The third-order valence-corrected chi connectivity index (χ3v) is 8.36. The number of nitrogens with one attached hydrogen (secondary N) is 2. The first-order valence-corrected chi connectivity index (χ1v) is 15.9. The van der Waals surface area contributed by atoms with Crippen molar-refractivity contribution >= 4 is 23.6 Å². The molecule has 2 amide bonds. The number of pyridine rings is 1. The number of carbonyl (C=O) groups excluding carboxylic acids is 2. The van der Waals surface area contributed by atoms with E-state index in [-0.39, 0.29) is 30.2 Å². The lowest BCUT2D eigenvalue weighted by Gasteiger charge is -2.41. The van der Waals surface area contributed by atoms with Crippen molar-refractivity contribution in [2.75, 3.05) is 18.8 Å².